The monoisotopic (exact) mass is 483 g/mol. The van der Waals surface area contributed by atoms with E-state index in [1.165, 1.54) is 21.3 Å². The molecule has 0 saturated heterocycles. The van der Waals surface area contributed by atoms with E-state index in [4.69, 9.17) is 41.8 Å². The summed E-state index contributed by atoms with van der Waals surface area (Å²) in [4.78, 5) is 12.5. The molecule has 0 fully saturated rings. The average molecular weight is 484 g/mol. The first-order chi connectivity index (χ1) is 14.9. The minimum Gasteiger partial charge on any atom is -0.493 e. The molecule has 0 aliphatic rings. The molecule has 1 atom stereocenters. The summed E-state index contributed by atoms with van der Waals surface area (Å²) < 4.78 is 21.7. The van der Waals surface area contributed by atoms with Gasteiger partial charge in [-0.15, -0.1) is 10.2 Å². The van der Waals surface area contributed by atoms with Gasteiger partial charge in [0.1, 0.15) is 0 Å². The Bertz CT molecular complexity index is 1070. The number of hydrogen-bond acceptors (Lipinski definition) is 8. The van der Waals surface area contributed by atoms with Gasteiger partial charge in [-0.25, -0.2) is 0 Å². The quantitative estimate of drug-likeness (QED) is 0.437. The van der Waals surface area contributed by atoms with Crippen molar-refractivity contribution in [1.29, 1.82) is 0 Å². The van der Waals surface area contributed by atoms with Crippen molar-refractivity contribution in [1.82, 2.24) is 10.2 Å². The number of nitrogens with one attached hydrogen (secondary N) is 1. The predicted molar refractivity (Wildman–Crippen MR) is 120 cm³/mol. The van der Waals surface area contributed by atoms with Crippen molar-refractivity contribution in [2.24, 2.45) is 0 Å². The highest BCUT2D eigenvalue weighted by Gasteiger charge is 2.21. The van der Waals surface area contributed by atoms with Gasteiger partial charge in [-0.2, -0.15) is 0 Å². The maximum Gasteiger partial charge on any atom is 0.277 e. The molecule has 8 nitrogen and oxygen atoms in total. The van der Waals surface area contributed by atoms with E-state index in [1.54, 1.807) is 37.3 Å². The van der Waals surface area contributed by atoms with Gasteiger partial charge in [-0.1, -0.05) is 41.0 Å². The van der Waals surface area contributed by atoms with Crippen molar-refractivity contribution < 1.29 is 23.4 Å². The summed E-state index contributed by atoms with van der Waals surface area (Å²) >= 11 is 13.2. The van der Waals surface area contributed by atoms with Crippen LogP contribution < -0.4 is 19.5 Å². The van der Waals surface area contributed by atoms with Crippen molar-refractivity contribution in [3.8, 4) is 28.7 Å². The zero-order chi connectivity index (χ0) is 22.5. The first-order valence-electron chi connectivity index (χ1n) is 8.93. The third-order valence-electron chi connectivity index (χ3n) is 4.17. The predicted octanol–water partition coefficient (Wildman–Crippen LogP) is 5.19. The van der Waals surface area contributed by atoms with Crippen LogP contribution in [0.3, 0.4) is 0 Å². The number of rotatable bonds is 8. The molecule has 0 radical (unpaired) electrons. The van der Waals surface area contributed by atoms with Crippen LogP contribution in [0.2, 0.25) is 10.0 Å². The highest BCUT2D eigenvalue weighted by atomic mass is 35.5. The number of halogens is 2. The summed E-state index contributed by atoms with van der Waals surface area (Å²) in [7, 11) is 4.55. The van der Waals surface area contributed by atoms with Gasteiger partial charge < -0.3 is 23.9 Å². The smallest absolute Gasteiger partial charge is 0.277 e. The summed E-state index contributed by atoms with van der Waals surface area (Å²) in [5, 5.41) is 11.1. The lowest BCUT2D eigenvalue weighted by Crippen LogP contribution is -2.22. The molecule has 11 heteroatoms. The van der Waals surface area contributed by atoms with Gasteiger partial charge in [-0.3, -0.25) is 4.79 Å². The molecule has 1 N–H and O–H groups in total. The Morgan fingerprint density at radius 3 is 2.39 bits per heavy atom. The van der Waals surface area contributed by atoms with Crippen molar-refractivity contribution >= 4 is 46.6 Å². The topological polar surface area (TPSA) is 95.7 Å². The first-order valence-corrected chi connectivity index (χ1v) is 10.6. The van der Waals surface area contributed by atoms with E-state index in [9.17, 15) is 4.79 Å². The average Bonchev–Trinajstić information content (AvgIpc) is 3.24. The second-order valence-electron chi connectivity index (χ2n) is 6.14. The fourth-order valence-electron chi connectivity index (χ4n) is 2.62. The third-order valence-corrected chi connectivity index (χ3v) is 5.93. The van der Waals surface area contributed by atoms with E-state index in [2.05, 4.69) is 15.5 Å². The summed E-state index contributed by atoms with van der Waals surface area (Å²) in [5.41, 5.74) is 1.01. The molecular weight excluding hydrogens is 465 g/mol. The lowest BCUT2D eigenvalue weighted by atomic mass is 10.2. The van der Waals surface area contributed by atoms with Crippen molar-refractivity contribution in [3.05, 3.63) is 40.4 Å². The van der Waals surface area contributed by atoms with E-state index >= 15 is 0 Å². The lowest BCUT2D eigenvalue weighted by Gasteiger charge is -2.13. The Morgan fingerprint density at radius 1 is 1.10 bits per heavy atom. The molecule has 0 aliphatic carbocycles. The highest BCUT2D eigenvalue weighted by molar-refractivity contribution is 8.00. The number of thioether (sulfide) groups is 1. The van der Waals surface area contributed by atoms with Crippen LogP contribution in [0, 0.1) is 0 Å². The number of aromatic nitrogens is 2. The van der Waals surface area contributed by atoms with Gasteiger partial charge in [0.15, 0.2) is 11.5 Å². The van der Waals surface area contributed by atoms with Gasteiger partial charge in [0.2, 0.25) is 17.5 Å². The van der Waals surface area contributed by atoms with Crippen molar-refractivity contribution in [2.45, 2.75) is 17.4 Å². The molecule has 0 aliphatic heterocycles. The van der Waals surface area contributed by atoms with Gasteiger partial charge >= 0.3 is 0 Å². The number of hydrogen-bond donors (Lipinski definition) is 1. The van der Waals surface area contributed by atoms with Crippen LogP contribution in [0.15, 0.2) is 40.0 Å². The summed E-state index contributed by atoms with van der Waals surface area (Å²) in [5.74, 6) is 1.31. The van der Waals surface area contributed by atoms with Crippen LogP contribution in [0.1, 0.15) is 6.92 Å². The normalized spacial score (nSPS) is 11.7. The summed E-state index contributed by atoms with van der Waals surface area (Å²) in [6, 6.07) is 8.39. The van der Waals surface area contributed by atoms with Crippen molar-refractivity contribution in [2.75, 3.05) is 26.6 Å². The first kappa shape index (κ1) is 23.1. The van der Waals surface area contributed by atoms with Gasteiger partial charge in [0.25, 0.3) is 5.22 Å². The largest absolute Gasteiger partial charge is 0.493 e. The zero-order valence-corrected chi connectivity index (χ0v) is 19.4. The molecule has 3 aromatic rings. The molecule has 2 aromatic carbocycles. The van der Waals surface area contributed by atoms with Crippen LogP contribution in [0.5, 0.6) is 17.2 Å². The number of nitrogens with zero attached hydrogens (tertiary/aromatic N) is 2. The summed E-state index contributed by atoms with van der Waals surface area (Å²) in [6.07, 6.45) is 0. The number of carbonyl (C=O) groups excluding carboxylic acids is 1. The van der Waals surface area contributed by atoms with E-state index in [0.29, 0.717) is 33.5 Å². The maximum atomic E-state index is 12.5. The minimum atomic E-state index is -0.539. The van der Waals surface area contributed by atoms with Crippen LogP contribution >= 0.6 is 35.0 Å². The highest BCUT2D eigenvalue weighted by Crippen LogP contribution is 2.41. The number of methoxy groups -OCH3 is 3. The Kier molecular flexibility index (Phi) is 7.53. The Morgan fingerprint density at radius 2 is 1.77 bits per heavy atom. The molecule has 3 rings (SSSR count). The number of amides is 1. The SMILES string of the molecule is COc1cc(-c2nnc(SC(C)C(=O)Nc3cccc(Cl)c3Cl)o2)cc(OC)c1OC. The van der Waals surface area contributed by atoms with Crippen LogP contribution in [0.25, 0.3) is 11.5 Å². The fraction of sp³-hybridized carbons (Fsp3) is 0.250. The molecule has 164 valence electrons. The van der Waals surface area contributed by atoms with E-state index in [-0.39, 0.29) is 22.0 Å². The van der Waals surface area contributed by atoms with Gasteiger partial charge in [0.05, 0.1) is 42.3 Å². The van der Waals surface area contributed by atoms with Crippen LogP contribution in [-0.2, 0) is 4.79 Å². The van der Waals surface area contributed by atoms with E-state index in [0.717, 1.165) is 11.8 Å². The molecular formula is C20H19Cl2N3O5S. The zero-order valence-electron chi connectivity index (χ0n) is 17.1. The summed E-state index contributed by atoms with van der Waals surface area (Å²) in [6.45, 7) is 1.71. The van der Waals surface area contributed by atoms with Gasteiger partial charge in [0, 0.05) is 5.56 Å². The molecule has 1 amide bonds. The standard InChI is InChI=1S/C20H19Cl2N3O5S/c1-10(18(26)23-13-7-5-6-12(21)16(13)22)31-20-25-24-19(30-20)11-8-14(27-2)17(29-4)15(9-11)28-3/h5-10H,1-4H3,(H,23,26). The molecule has 1 heterocycles. The van der Waals surface area contributed by atoms with Crippen LogP contribution in [0.4, 0.5) is 5.69 Å². The molecule has 31 heavy (non-hydrogen) atoms. The second-order valence-corrected chi connectivity index (χ2v) is 8.22. The van der Waals surface area contributed by atoms with Gasteiger partial charge in [-0.05, 0) is 31.2 Å². The lowest BCUT2D eigenvalue weighted by molar-refractivity contribution is -0.115. The second kappa shape index (κ2) is 10.1. The third kappa shape index (κ3) is 5.17. The van der Waals surface area contributed by atoms with Crippen LogP contribution in [-0.4, -0.2) is 42.7 Å². The fourth-order valence-corrected chi connectivity index (χ4v) is 3.65. The Labute approximate surface area is 193 Å². The minimum absolute atomic E-state index is 0.226. The number of benzene rings is 2. The molecule has 1 unspecified atom stereocenters. The molecule has 1 aromatic heterocycles. The Balaban J connectivity index is 1.75. The number of ether oxygens (including phenoxy) is 3. The molecule has 0 saturated carbocycles. The Hall–Kier alpha value is -2.62. The van der Waals surface area contributed by atoms with E-state index < -0.39 is 5.25 Å². The molecule has 0 bridgehead atoms. The molecule has 0 spiro atoms. The van der Waals surface area contributed by atoms with Crippen molar-refractivity contribution in [3.63, 3.8) is 0 Å². The maximum absolute atomic E-state index is 12.5. The number of anilines is 1. The van der Waals surface area contributed by atoms with E-state index in [1.807, 2.05) is 0 Å². The number of carbonyl (C=O) groups is 1.